The van der Waals surface area contributed by atoms with Gasteiger partial charge in [-0.2, -0.15) is 0 Å². The fraction of sp³-hybridized carbons (Fsp3) is 0. The molecule has 0 aliphatic carbocycles. The third-order valence-corrected chi connectivity index (χ3v) is 0.587. The molecule has 8 heavy (non-hydrogen) atoms. The van der Waals surface area contributed by atoms with E-state index in [4.69, 9.17) is 11.5 Å². The number of nitrogens with two attached hydrogens (primary N) is 2. The van der Waals surface area contributed by atoms with Crippen molar-refractivity contribution < 1.29 is 9.59 Å². The van der Waals surface area contributed by atoms with Gasteiger partial charge in [0, 0.05) is 0 Å². The first-order chi connectivity index (χ1) is 3.72. The summed E-state index contributed by atoms with van der Waals surface area (Å²) in [5, 5.41) is 0. The van der Waals surface area contributed by atoms with Gasteiger partial charge in [-0.15, -0.1) is 0 Å². The Morgan fingerprint density at radius 2 is 1.25 bits per heavy atom. The van der Waals surface area contributed by atoms with Crippen LogP contribution in [-0.2, 0) is 9.59 Å². The molecule has 0 unspecified atom stereocenters. The lowest BCUT2D eigenvalue weighted by atomic mass is 10.4. The fourth-order valence-corrected chi connectivity index (χ4v) is 0.136. The molecule has 4 nitrogen and oxygen atoms in total. The lowest BCUT2D eigenvalue weighted by Gasteiger charge is -1.87. The molecule has 0 fully saturated rings. The van der Waals surface area contributed by atoms with Gasteiger partial charge in [0.15, 0.2) is 12.6 Å². The van der Waals surface area contributed by atoms with E-state index in [-0.39, 0.29) is 11.4 Å². The second-order valence-corrected chi connectivity index (χ2v) is 1.15. The average Bonchev–Trinajstić information content (AvgIpc) is 1.84. The molecular weight excluding hydrogens is 108 g/mol. The Balaban J connectivity index is 4.25. The predicted molar refractivity (Wildman–Crippen MR) is 27.5 cm³/mol. The van der Waals surface area contributed by atoms with Gasteiger partial charge in [-0.1, -0.05) is 0 Å². The molecule has 0 aliphatic heterocycles. The number of carbonyl (C=O) groups excluding carboxylic acids is 2. The van der Waals surface area contributed by atoms with Crippen LogP contribution in [0, 0.1) is 0 Å². The molecule has 0 spiro atoms. The molecule has 0 aliphatic rings. The van der Waals surface area contributed by atoms with Crippen LogP contribution < -0.4 is 11.5 Å². The van der Waals surface area contributed by atoms with E-state index in [1.165, 1.54) is 0 Å². The monoisotopic (exact) mass is 114 g/mol. The zero-order valence-electron chi connectivity index (χ0n) is 4.13. The summed E-state index contributed by atoms with van der Waals surface area (Å²) < 4.78 is 0. The first kappa shape index (κ1) is 6.68. The Hall–Kier alpha value is -1.32. The van der Waals surface area contributed by atoms with Gasteiger partial charge < -0.3 is 11.5 Å². The quantitative estimate of drug-likeness (QED) is 0.338. The summed E-state index contributed by atoms with van der Waals surface area (Å²) in [7, 11) is 0. The number of allylic oxidation sites excluding steroid dienone is 2. The number of rotatable bonds is 2. The smallest absolute Gasteiger partial charge is 0.167 e. The molecule has 0 radical (unpaired) electrons. The number of aldehydes is 2. The Morgan fingerprint density at radius 3 is 1.38 bits per heavy atom. The highest BCUT2D eigenvalue weighted by molar-refractivity contribution is 5.84. The van der Waals surface area contributed by atoms with Gasteiger partial charge in [0.2, 0.25) is 0 Å². The van der Waals surface area contributed by atoms with Crippen LogP contribution in [-0.4, -0.2) is 12.6 Å². The maximum absolute atomic E-state index is 9.68. The molecule has 0 atom stereocenters. The van der Waals surface area contributed by atoms with Crippen LogP contribution in [0.5, 0.6) is 0 Å². The first-order valence-corrected chi connectivity index (χ1v) is 1.88. The molecular formula is C4H6N2O2. The molecule has 44 valence electrons. The van der Waals surface area contributed by atoms with Crippen molar-refractivity contribution in [2.75, 3.05) is 0 Å². The van der Waals surface area contributed by atoms with Crippen molar-refractivity contribution in [2.24, 2.45) is 11.5 Å². The summed E-state index contributed by atoms with van der Waals surface area (Å²) in [5.74, 6) is 0. The Bertz CT molecular complexity index is 123. The number of hydrogen-bond acceptors (Lipinski definition) is 4. The fourth-order valence-electron chi connectivity index (χ4n) is 0.136. The zero-order valence-corrected chi connectivity index (χ0v) is 4.13. The molecule has 0 aromatic heterocycles. The van der Waals surface area contributed by atoms with Gasteiger partial charge in [0.1, 0.15) is 0 Å². The van der Waals surface area contributed by atoms with Crippen molar-refractivity contribution in [2.45, 2.75) is 0 Å². The maximum atomic E-state index is 9.68. The van der Waals surface area contributed by atoms with Gasteiger partial charge in [-0.3, -0.25) is 9.59 Å². The van der Waals surface area contributed by atoms with E-state index in [0.29, 0.717) is 12.6 Å². The van der Waals surface area contributed by atoms with E-state index in [9.17, 15) is 9.59 Å². The van der Waals surface area contributed by atoms with Crippen molar-refractivity contribution in [3.05, 3.63) is 11.4 Å². The van der Waals surface area contributed by atoms with Crippen LogP contribution in [0.15, 0.2) is 11.4 Å². The minimum atomic E-state index is -0.222. The molecule has 0 heterocycles. The van der Waals surface area contributed by atoms with E-state index < -0.39 is 0 Å². The molecule has 4 N–H and O–H groups in total. The Kier molecular flexibility index (Phi) is 2.33. The largest absolute Gasteiger partial charge is 0.394 e. The standard InChI is InChI=1S/C4H6N2O2/c5-3(1-7)4(6)2-8/h1-2H,5-6H2. The highest BCUT2D eigenvalue weighted by atomic mass is 16.1. The van der Waals surface area contributed by atoms with Crippen LogP contribution in [0.3, 0.4) is 0 Å². The minimum Gasteiger partial charge on any atom is -0.394 e. The van der Waals surface area contributed by atoms with E-state index in [0.717, 1.165) is 0 Å². The molecule has 0 aromatic rings. The summed E-state index contributed by atoms with van der Waals surface area (Å²) in [6.45, 7) is 0. The summed E-state index contributed by atoms with van der Waals surface area (Å²) in [6.07, 6.45) is 0.646. The summed E-state index contributed by atoms with van der Waals surface area (Å²) >= 11 is 0. The van der Waals surface area contributed by atoms with Crippen molar-refractivity contribution in [1.82, 2.24) is 0 Å². The predicted octanol–water partition coefficient (Wildman–Crippen LogP) is -1.49. The molecule has 0 aromatic carbocycles. The third-order valence-electron chi connectivity index (χ3n) is 0.587. The van der Waals surface area contributed by atoms with Crippen LogP contribution in [0.4, 0.5) is 0 Å². The lowest BCUT2D eigenvalue weighted by Crippen LogP contribution is -2.11. The summed E-state index contributed by atoms with van der Waals surface area (Å²) in [4.78, 5) is 19.4. The van der Waals surface area contributed by atoms with E-state index in [1.807, 2.05) is 0 Å². The Labute approximate surface area is 46.1 Å². The van der Waals surface area contributed by atoms with Crippen LogP contribution in [0.2, 0.25) is 0 Å². The normalized spacial score (nSPS) is 12.0. The molecule has 0 rings (SSSR count). The third kappa shape index (κ3) is 1.42. The van der Waals surface area contributed by atoms with Crippen molar-refractivity contribution in [1.29, 1.82) is 0 Å². The summed E-state index contributed by atoms with van der Waals surface area (Å²) in [5.41, 5.74) is 9.32. The van der Waals surface area contributed by atoms with Gasteiger partial charge in [-0.05, 0) is 0 Å². The van der Waals surface area contributed by atoms with Gasteiger partial charge in [-0.25, -0.2) is 0 Å². The molecule has 0 saturated heterocycles. The van der Waals surface area contributed by atoms with Crippen molar-refractivity contribution in [3.63, 3.8) is 0 Å². The summed E-state index contributed by atoms with van der Waals surface area (Å²) in [6, 6.07) is 0. The van der Waals surface area contributed by atoms with Crippen molar-refractivity contribution in [3.8, 4) is 0 Å². The molecule has 0 amide bonds. The van der Waals surface area contributed by atoms with Gasteiger partial charge >= 0.3 is 0 Å². The number of hydrogen-bond donors (Lipinski definition) is 2. The highest BCUT2D eigenvalue weighted by Gasteiger charge is 1.91. The lowest BCUT2D eigenvalue weighted by molar-refractivity contribution is -0.107. The van der Waals surface area contributed by atoms with Gasteiger partial charge in [0.25, 0.3) is 0 Å². The average molecular weight is 114 g/mol. The topological polar surface area (TPSA) is 86.2 Å². The van der Waals surface area contributed by atoms with Crippen molar-refractivity contribution >= 4 is 12.6 Å². The SMILES string of the molecule is NC(C=O)=C(N)C=O. The molecule has 0 bridgehead atoms. The second-order valence-electron chi connectivity index (χ2n) is 1.15. The molecule has 0 saturated carbocycles. The van der Waals surface area contributed by atoms with Gasteiger partial charge in [0.05, 0.1) is 11.4 Å². The Morgan fingerprint density at radius 1 is 1.00 bits per heavy atom. The number of carbonyl (C=O) groups is 2. The van der Waals surface area contributed by atoms with E-state index >= 15 is 0 Å². The minimum absolute atomic E-state index is 0.222. The second kappa shape index (κ2) is 2.79. The maximum Gasteiger partial charge on any atom is 0.167 e. The molecule has 4 heteroatoms. The van der Waals surface area contributed by atoms with E-state index in [1.54, 1.807) is 0 Å². The van der Waals surface area contributed by atoms with E-state index in [2.05, 4.69) is 0 Å². The zero-order chi connectivity index (χ0) is 6.57. The highest BCUT2D eigenvalue weighted by Crippen LogP contribution is 1.78. The van der Waals surface area contributed by atoms with Crippen LogP contribution in [0.25, 0.3) is 0 Å². The van der Waals surface area contributed by atoms with Crippen LogP contribution in [0.1, 0.15) is 0 Å². The van der Waals surface area contributed by atoms with Crippen LogP contribution >= 0.6 is 0 Å². The first-order valence-electron chi connectivity index (χ1n) is 1.88.